The van der Waals surface area contributed by atoms with Gasteiger partial charge in [0, 0.05) is 5.56 Å². The molecule has 2 aliphatic rings. The van der Waals surface area contributed by atoms with Crippen LogP contribution in [0.15, 0.2) is 61.2 Å². The van der Waals surface area contributed by atoms with Crippen LogP contribution in [-0.2, 0) is 21.0 Å². The van der Waals surface area contributed by atoms with Gasteiger partial charge in [0.15, 0.2) is 6.04 Å². The predicted molar refractivity (Wildman–Crippen MR) is 105 cm³/mol. The second kappa shape index (κ2) is 7.97. The van der Waals surface area contributed by atoms with Crippen LogP contribution >= 0.6 is 0 Å². The number of amides is 2. The van der Waals surface area contributed by atoms with E-state index in [9.17, 15) is 9.59 Å². The Balaban J connectivity index is 1.73. The standard InChI is InChI=1S/C22H22N2O5/c1-3-12-29-24-17-13-23(22(24)26)20(21(25)27-2)16-10-7-11-18(19(16)17)28-14-15-8-5-4-6-9-15/h3-11,17,20H,1,12-14H2,2H3. The molecule has 2 aromatic carbocycles. The van der Waals surface area contributed by atoms with Gasteiger partial charge in [-0.15, -0.1) is 6.58 Å². The Morgan fingerprint density at radius 2 is 2.00 bits per heavy atom. The van der Waals surface area contributed by atoms with Crippen molar-refractivity contribution in [3.8, 4) is 5.75 Å². The molecule has 2 aromatic rings. The van der Waals surface area contributed by atoms with E-state index in [1.54, 1.807) is 6.08 Å². The van der Waals surface area contributed by atoms with Crippen LogP contribution in [0.25, 0.3) is 0 Å². The van der Waals surface area contributed by atoms with Gasteiger partial charge in [-0.25, -0.2) is 9.59 Å². The molecule has 4 rings (SSSR count). The fourth-order valence-corrected chi connectivity index (χ4v) is 3.85. The van der Waals surface area contributed by atoms with E-state index < -0.39 is 12.0 Å². The molecule has 0 spiro atoms. The molecule has 2 aliphatic heterocycles. The summed E-state index contributed by atoms with van der Waals surface area (Å²) in [7, 11) is 1.32. The van der Waals surface area contributed by atoms with Gasteiger partial charge >= 0.3 is 12.0 Å². The molecule has 29 heavy (non-hydrogen) atoms. The van der Waals surface area contributed by atoms with E-state index in [1.807, 2.05) is 48.5 Å². The molecule has 7 nitrogen and oxygen atoms in total. The number of ether oxygens (including phenoxy) is 2. The Morgan fingerprint density at radius 3 is 2.72 bits per heavy atom. The summed E-state index contributed by atoms with van der Waals surface area (Å²) in [6.07, 6.45) is 1.57. The Labute approximate surface area is 169 Å². The van der Waals surface area contributed by atoms with Crippen molar-refractivity contribution in [3.63, 3.8) is 0 Å². The molecule has 150 valence electrons. The van der Waals surface area contributed by atoms with Crippen molar-refractivity contribution < 1.29 is 23.9 Å². The minimum Gasteiger partial charge on any atom is -0.489 e. The van der Waals surface area contributed by atoms with E-state index in [0.29, 0.717) is 24.5 Å². The van der Waals surface area contributed by atoms with Crippen molar-refractivity contribution in [1.82, 2.24) is 9.96 Å². The number of hydroxylamine groups is 2. The zero-order valence-electron chi connectivity index (χ0n) is 16.1. The van der Waals surface area contributed by atoms with E-state index in [4.69, 9.17) is 14.3 Å². The highest BCUT2D eigenvalue weighted by atomic mass is 16.7. The monoisotopic (exact) mass is 394 g/mol. The molecular weight excluding hydrogens is 372 g/mol. The maximum Gasteiger partial charge on any atom is 0.345 e. The molecule has 1 fully saturated rings. The van der Waals surface area contributed by atoms with Crippen molar-refractivity contribution in [3.05, 3.63) is 77.9 Å². The van der Waals surface area contributed by atoms with Crippen LogP contribution in [0.1, 0.15) is 28.8 Å². The largest absolute Gasteiger partial charge is 0.489 e. The van der Waals surface area contributed by atoms with Crippen LogP contribution in [-0.4, -0.2) is 42.2 Å². The van der Waals surface area contributed by atoms with Crippen LogP contribution < -0.4 is 4.74 Å². The topological polar surface area (TPSA) is 68.3 Å². The number of rotatable bonds is 7. The van der Waals surface area contributed by atoms with E-state index in [2.05, 4.69) is 6.58 Å². The van der Waals surface area contributed by atoms with E-state index in [0.717, 1.165) is 11.1 Å². The molecule has 0 N–H and O–H groups in total. The highest BCUT2D eigenvalue weighted by molar-refractivity contribution is 5.88. The number of esters is 1. The van der Waals surface area contributed by atoms with Gasteiger partial charge in [-0.2, -0.15) is 5.06 Å². The van der Waals surface area contributed by atoms with Crippen molar-refractivity contribution >= 4 is 12.0 Å². The quantitative estimate of drug-likeness (QED) is 0.532. The first-order valence-corrected chi connectivity index (χ1v) is 9.36. The highest BCUT2D eigenvalue weighted by Crippen LogP contribution is 2.47. The third-order valence-corrected chi connectivity index (χ3v) is 5.12. The fraction of sp³-hybridized carbons (Fsp3) is 0.273. The lowest BCUT2D eigenvalue weighted by atomic mass is 9.90. The van der Waals surface area contributed by atoms with E-state index in [-0.39, 0.29) is 18.7 Å². The molecule has 0 aromatic heterocycles. The number of urea groups is 1. The molecule has 2 bridgehead atoms. The summed E-state index contributed by atoms with van der Waals surface area (Å²) >= 11 is 0. The molecule has 0 saturated carbocycles. The average Bonchev–Trinajstić information content (AvgIpc) is 3.03. The number of carbonyl (C=O) groups excluding carboxylic acids is 2. The highest BCUT2D eigenvalue weighted by Gasteiger charge is 2.52. The van der Waals surface area contributed by atoms with Crippen LogP contribution in [0.4, 0.5) is 4.79 Å². The first kappa shape index (κ1) is 19.0. The zero-order chi connectivity index (χ0) is 20.4. The lowest BCUT2D eigenvalue weighted by molar-refractivity contribution is -0.146. The first-order chi connectivity index (χ1) is 14.2. The summed E-state index contributed by atoms with van der Waals surface area (Å²) in [4.78, 5) is 32.6. The van der Waals surface area contributed by atoms with Gasteiger partial charge in [0.25, 0.3) is 0 Å². The second-order valence-electron chi connectivity index (χ2n) is 6.82. The Morgan fingerprint density at radius 1 is 1.21 bits per heavy atom. The number of methoxy groups -OCH3 is 1. The predicted octanol–water partition coefficient (Wildman–Crippen LogP) is 3.39. The van der Waals surface area contributed by atoms with E-state index in [1.165, 1.54) is 17.1 Å². The number of benzene rings is 2. The lowest BCUT2D eigenvalue weighted by Crippen LogP contribution is -2.39. The smallest absolute Gasteiger partial charge is 0.345 e. The Bertz CT molecular complexity index is 930. The molecule has 2 heterocycles. The van der Waals surface area contributed by atoms with Gasteiger partial charge in [0.1, 0.15) is 18.4 Å². The first-order valence-electron chi connectivity index (χ1n) is 9.36. The summed E-state index contributed by atoms with van der Waals surface area (Å²) in [6.45, 7) is 4.51. The summed E-state index contributed by atoms with van der Waals surface area (Å²) in [5.41, 5.74) is 2.48. The third-order valence-electron chi connectivity index (χ3n) is 5.12. The van der Waals surface area contributed by atoms with Crippen molar-refractivity contribution in [2.45, 2.75) is 18.7 Å². The van der Waals surface area contributed by atoms with Gasteiger partial charge in [-0.05, 0) is 17.2 Å². The van der Waals surface area contributed by atoms with E-state index >= 15 is 0 Å². The molecule has 0 aliphatic carbocycles. The average molecular weight is 394 g/mol. The van der Waals surface area contributed by atoms with Crippen molar-refractivity contribution in [2.75, 3.05) is 20.3 Å². The third kappa shape index (κ3) is 3.34. The minimum absolute atomic E-state index is 0.182. The van der Waals surface area contributed by atoms with Crippen LogP contribution in [0.5, 0.6) is 5.75 Å². The molecule has 0 radical (unpaired) electrons. The van der Waals surface area contributed by atoms with Crippen molar-refractivity contribution in [1.29, 1.82) is 0 Å². The molecule has 1 saturated heterocycles. The lowest BCUT2D eigenvalue weighted by Gasteiger charge is -2.32. The van der Waals surface area contributed by atoms with Gasteiger partial charge < -0.3 is 14.4 Å². The molecular formula is C22H22N2O5. The van der Waals surface area contributed by atoms with Crippen LogP contribution in [0, 0.1) is 0 Å². The maximum atomic E-state index is 12.9. The summed E-state index contributed by atoms with van der Waals surface area (Å²) in [6, 6.07) is 13.7. The number of fused-ring (bicyclic) bond motifs is 4. The molecule has 2 amide bonds. The fourth-order valence-electron chi connectivity index (χ4n) is 3.85. The second-order valence-corrected chi connectivity index (χ2v) is 6.82. The summed E-state index contributed by atoms with van der Waals surface area (Å²) in [5, 5.41) is 1.30. The molecule has 2 unspecified atom stereocenters. The Kier molecular flexibility index (Phi) is 5.22. The van der Waals surface area contributed by atoms with Crippen molar-refractivity contribution in [2.24, 2.45) is 0 Å². The number of hydrogen-bond acceptors (Lipinski definition) is 5. The summed E-state index contributed by atoms with van der Waals surface area (Å²) in [5.74, 6) is 0.121. The van der Waals surface area contributed by atoms with Crippen LogP contribution in [0.2, 0.25) is 0 Å². The van der Waals surface area contributed by atoms with Gasteiger partial charge in [0.05, 0.1) is 20.3 Å². The Hall–Kier alpha value is -3.32. The zero-order valence-corrected chi connectivity index (χ0v) is 16.1. The molecule has 2 atom stereocenters. The normalized spacial score (nSPS) is 19.7. The summed E-state index contributed by atoms with van der Waals surface area (Å²) < 4.78 is 11.1. The van der Waals surface area contributed by atoms with Crippen LogP contribution in [0.3, 0.4) is 0 Å². The van der Waals surface area contributed by atoms with Gasteiger partial charge in [0.2, 0.25) is 0 Å². The number of nitrogens with zero attached hydrogens (tertiary/aromatic N) is 2. The number of carbonyl (C=O) groups is 2. The van der Waals surface area contributed by atoms with Gasteiger partial charge in [-0.1, -0.05) is 48.5 Å². The van der Waals surface area contributed by atoms with Gasteiger partial charge in [-0.3, -0.25) is 4.84 Å². The number of hydrogen-bond donors (Lipinski definition) is 0. The minimum atomic E-state index is -0.837. The SMILES string of the molecule is C=CCON1C(=O)N2CC1c1c(OCc3ccccc3)cccc1C2C(=O)OC. The molecule has 7 heteroatoms. The maximum absolute atomic E-state index is 12.9.